The van der Waals surface area contributed by atoms with Crippen LogP contribution in [0.25, 0.3) is 6.08 Å². The highest BCUT2D eigenvalue weighted by Gasteiger charge is 2.36. The van der Waals surface area contributed by atoms with Crippen molar-refractivity contribution in [1.29, 1.82) is 0 Å². The Morgan fingerprint density at radius 3 is 2.81 bits per heavy atom. The Hall–Kier alpha value is -2.32. The van der Waals surface area contributed by atoms with Crippen molar-refractivity contribution < 1.29 is 23.9 Å². The number of carbonyl (C=O) groups excluding carboxylic acids is 3. The Bertz CT molecular complexity index is 705. The van der Waals surface area contributed by atoms with Crippen LogP contribution in [0.15, 0.2) is 29.2 Å². The first-order valence-electron chi connectivity index (χ1n) is 8.29. The summed E-state index contributed by atoms with van der Waals surface area (Å²) in [7, 11) is 1.58. The first kappa shape index (κ1) is 20.0. The molecular formula is C18H22N2O5S. The number of methoxy groups -OCH3 is 1. The van der Waals surface area contributed by atoms with Crippen LogP contribution >= 0.6 is 11.8 Å². The predicted molar refractivity (Wildman–Crippen MR) is 99.8 cm³/mol. The Balaban J connectivity index is 2.03. The Morgan fingerprint density at radius 1 is 1.31 bits per heavy atom. The van der Waals surface area contributed by atoms with Crippen LogP contribution in [0.5, 0.6) is 5.75 Å². The van der Waals surface area contributed by atoms with Gasteiger partial charge in [-0.25, -0.2) is 0 Å². The lowest BCUT2D eigenvalue weighted by molar-refractivity contribution is -0.129. The molecule has 0 atom stereocenters. The highest BCUT2D eigenvalue weighted by atomic mass is 32.2. The van der Waals surface area contributed by atoms with Crippen molar-refractivity contribution in [2.24, 2.45) is 0 Å². The maximum atomic E-state index is 12.5. The number of hydrogen-bond donors (Lipinski definition) is 1. The third-order valence-corrected chi connectivity index (χ3v) is 4.44. The molecular weight excluding hydrogens is 356 g/mol. The molecule has 2 rings (SSSR count). The standard InChI is InChI=1S/C18H22N2O5S/c1-3-25-14-8-5-4-7-13(14)11-15-17(22)20(18(23)26-15)12-16(21)19-9-6-10-24-2/h4-5,7-8,11H,3,6,9-10,12H2,1-2H3,(H,19,21)/b15-11-. The molecule has 0 aliphatic carbocycles. The molecule has 1 aliphatic heterocycles. The van der Waals surface area contributed by atoms with Gasteiger partial charge in [-0.15, -0.1) is 0 Å². The second kappa shape index (κ2) is 9.98. The van der Waals surface area contributed by atoms with Gasteiger partial charge in [0.05, 0.1) is 11.5 Å². The molecule has 1 saturated heterocycles. The number of imide groups is 1. The predicted octanol–water partition coefficient (Wildman–Crippen LogP) is 2.27. The zero-order valence-corrected chi connectivity index (χ0v) is 15.6. The Morgan fingerprint density at radius 2 is 2.08 bits per heavy atom. The summed E-state index contributed by atoms with van der Waals surface area (Å²) in [4.78, 5) is 37.7. The molecule has 0 unspecified atom stereocenters. The normalized spacial score (nSPS) is 15.6. The van der Waals surface area contributed by atoms with E-state index in [0.717, 1.165) is 16.7 Å². The third-order valence-electron chi connectivity index (χ3n) is 3.53. The van der Waals surface area contributed by atoms with E-state index >= 15 is 0 Å². The van der Waals surface area contributed by atoms with E-state index in [9.17, 15) is 14.4 Å². The molecule has 0 radical (unpaired) electrons. The Labute approximate surface area is 156 Å². The summed E-state index contributed by atoms with van der Waals surface area (Å²) in [5.74, 6) is -0.213. The van der Waals surface area contributed by atoms with Gasteiger partial charge in [0.1, 0.15) is 12.3 Å². The number of rotatable bonds is 9. The molecule has 8 heteroatoms. The number of ether oxygens (including phenoxy) is 2. The quantitative estimate of drug-likeness (QED) is 0.524. The van der Waals surface area contributed by atoms with E-state index in [0.29, 0.717) is 37.5 Å². The zero-order chi connectivity index (χ0) is 18.9. The number of nitrogens with one attached hydrogen (secondary N) is 1. The van der Waals surface area contributed by atoms with Crippen LogP contribution in [0, 0.1) is 0 Å². The smallest absolute Gasteiger partial charge is 0.294 e. The van der Waals surface area contributed by atoms with Gasteiger partial charge in [-0.05, 0) is 37.2 Å². The monoisotopic (exact) mass is 378 g/mol. The van der Waals surface area contributed by atoms with Crippen LogP contribution in [0.2, 0.25) is 0 Å². The van der Waals surface area contributed by atoms with Crippen molar-refractivity contribution in [1.82, 2.24) is 10.2 Å². The number of hydrogen-bond acceptors (Lipinski definition) is 6. The number of carbonyl (C=O) groups is 3. The number of para-hydroxylation sites is 1. The van der Waals surface area contributed by atoms with Gasteiger partial charge in [0.15, 0.2) is 0 Å². The van der Waals surface area contributed by atoms with Crippen LogP contribution in [-0.2, 0) is 14.3 Å². The van der Waals surface area contributed by atoms with Crippen LogP contribution < -0.4 is 10.1 Å². The lowest BCUT2D eigenvalue weighted by Crippen LogP contribution is -2.39. The molecule has 140 valence electrons. The number of amides is 3. The molecule has 1 aliphatic rings. The van der Waals surface area contributed by atoms with E-state index in [1.807, 2.05) is 25.1 Å². The average molecular weight is 378 g/mol. The SMILES string of the molecule is CCOc1ccccc1/C=C1\SC(=O)N(CC(=O)NCCCOC)C1=O. The van der Waals surface area contributed by atoms with Crippen molar-refractivity contribution in [3.8, 4) is 5.75 Å². The van der Waals surface area contributed by atoms with E-state index in [1.165, 1.54) is 0 Å². The molecule has 7 nitrogen and oxygen atoms in total. The summed E-state index contributed by atoms with van der Waals surface area (Å²) in [6.45, 7) is 3.04. The highest BCUT2D eigenvalue weighted by molar-refractivity contribution is 8.18. The van der Waals surface area contributed by atoms with Gasteiger partial charge in [-0.2, -0.15) is 0 Å². The molecule has 0 saturated carbocycles. The van der Waals surface area contributed by atoms with Gasteiger partial charge in [0.2, 0.25) is 5.91 Å². The zero-order valence-electron chi connectivity index (χ0n) is 14.8. The third kappa shape index (κ3) is 5.34. The molecule has 1 N–H and O–H groups in total. The number of benzene rings is 1. The first-order chi connectivity index (χ1) is 12.6. The van der Waals surface area contributed by atoms with E-state index in [-0.39, 0.29) is 17.4 Å². The summed E-state index contributed by atoms with van der Waals surface area (Å²) in [6, 6.07) is 7.27. The van der Waals surface area contributed by atoms with Gasteiger partial charge in [0.25, 0.3) is 11.1 Å². The van der Waals surface area contributed by atoms with Crippen LogP contribution in [0.3, 0.4) is 0 Å². The number of thioether (sulfide) groups is 1. The van der Waals surface area contributed by atoms with E-state index in [4.69, 9.17) is 9.47 Å². The first-order valence-corrected chi connectivity index (χ1v) is 9.11. The van der Waals surface area contributed by atoms with Gasteiger partial charge < -0.3 is 14.8 Å². The number of nitrogens with zero attached hydrogens (tertiary/aromatic N) is 1. The molecule has 0 spiro atoms. The minimum absolute atomic E-state index is 0.273. The van der Waals surface area contributed by atoms with Crippen molar-refractivity contribution in [3.05, 3.63) is 34.7 Å². The second-order valence-corrected chi connectivity index (χ2v) is 6.43. The van der Waals surface area contributed by atoms with E-state index in [1.54, 1.807) is 19.3 Å². The largest absolute Gasteiger partial charge is 0.493 e. The minimum atomic E-state index is -0.474. The van der Waals surface area contributed by atoms with Crippen LogP contribution in [0.1, 0.15) is 18.9 Å². The summed E-state index contributed by atoms with van der Waals surface area (Å²) in [5, 5.41) is 2.21. The summed E-state index contributed by atoms with van der Waals surface area (Å²) in [6.07, 6.45) is 2.28. The Kier molecular flexibility index (Phi) is 7.68. The second-order valence-electron chi connectivity index (χ2n) is 5.44. The van der Waals surface area contributed by atoms with Crippen molar-refractivity contribution in [2.45, 2.75) is 13.3 Å². The van der Waals surface area contributed by atoms with E-state index < -0.39 is 11.1 Å². The van der Waals surface area contributed by atoms with Crippen LogP contribution in [-0.4, -0.2) is 55.4 Å². The molecule has 0 bridgehead atoms. The van der Waals surface area contributed by atoms with Gasteiger partial charge >= 0.3 is 0 Å². The lowest BCUT2D eigenvalue weighted by atomic mass is 10.2. The highest BCUT2D eigenvalue weighted by Crippen LogP contribution is 2.33. The topological polar surface area (TPSA) is 84.9 Å². The fourth-order valence-corrected chi connectivity index (χ4v) is 3.14. The molecule has 3 amide bonds. The maximum absolute atomic E-state index is 12.5. The molecule has 1 aromatic rings. The van der Waals surface area contributed by atoms with Crippen molar-refractivity contribution in [2.75, 3.05) is 33.4 Å². The van der Waals surface area contributed by atoms with Gasteiger partial charge in [0, 0.05) is 25.8 Å². The molecule has 0 aromatic heterocycles. The lowest BCUT2D eigenvalue weighted by Gasteiger charge is -2.12. The van der Waals surface area contributed by atoms with Crippen molar-refractivity contribution >= 4 is 34.9 Å². The van der Waals surface area contributed by atoms with Gasteiger partial charge in [-0.3, -0.25) is 19.3 Å². The fourth-order valence-electron chi connectivity index (χ4n) is 2.31. The summed E-state index contributed by atoms with van der Waals surface area (Å²) < 4.78 is 10.4. The minimum Gasteiger partial charge on any atom is -0.493 e. The van der Waals surface area contributed by atoms with Crippen LogP contribution in [0.4, 0.5) is 4.79 Å². The summed E-state index contributed by atoms with van der Waals surface area (Å²) >= 11 is 0.820. The maximum Gasteiger partial charge on any atom is 0.294 e. The molecule has 26 heavy (non-hydrogen) atoms. The summed E-state index contributed by atoms with van der Waals surface area (Å²) in [5.41, 5.74) is 0.712. The van der Waals surface area contributed by atoms with Gasteiger partial charge in [-0.1, -0.05) is 18.2 Å². The molecule has 1 heterocycles. The van der Waals surface area contributed by atoms with Crippen molar-refractivity contribution in [3.63, 3.8) is 0 Å². The fraction of sp³-hybridized carbons (Fsp3) is 0.389. The van der Waals surface area contributed by atoms with E-state index in [2.05, 4.69) is 5.32 Å². The molecule has 1 fully saturated rings. The molecule has 1 aromatic carbocycles. The average Bonchev–Trinajstić information content (AvgIpc) is 2.88.